The fourth-order valence-corrected chi connectivity index (χ4v) is 1.79. The van der Waals surface area contributed by atoms with Crippen molar-refractivity contribution in [2.75, 3.05) is 6.54 Å². The van der Waals surface area contributed by atoms with Gasteiger partial charge in [0.1, 0.15) is 0 Å². The molecule has 3 atom stereocenters. The maximum atomic E-state index is 11.5. The molecule has 1 amide bonds. The van der Waals surface area contributed by atoms with Gasteiger partial charge in [0.15, 0.2) is 0 Å². The maximum Gasteiger partial charge on any atom is 0.306 e. The van der Waals surface area contributed by atoms with Gasteiger partial charge in [0.2, 0.25) is 5.91 Å². The Kier molecular flexibility index (Phi) is 4.08. The predicted molar refractivity (Wildman–Crippen MR) is 55.1 cm³/mol. The lowest BCUT2D eigenvalue weighted by atomic mass is 10.1. The Morgan fingerprint density at radius 2 is 2.20 bits per heavy atom. The van der Waals surface area contributed by atoms with E-state index in [1.807, 2.05) is 0 Å². The zero-order chi connectivity index (χ0) is 11.4. The molecular formula is C10H18N2O3. The van der Waals surface area contributed by atoms with E-state index in [2.05, 4.69) is 5.32 Å². The first-order chi connectivity index (χ1) is 7.04. The summed E-state index contributed by atoms with van der Waals surface area (Å²) in [5.41, 5.74) is 5.37. The van der Waals surface area contributed by atoms with E-state index in [0.29, 0.717) is 19.4 Å². The molecule has 1 fully saturated rings. The summed E-state index contributed by atoms with van der Waals surface area (Å²) in [7, 11) is 0. The first-order valence-electron chi connectivity index (χ1n) is 5.27. The van der Waals surface area contributed by atoms with Crippen LogP contribution in [0.5, 0.6) is 0 Å². The van der Waals surface area contributed by atoms with Crippen LogP contribution in [-0.2, 0) is 9.59 Å². The molecule has 5 heteroatoms. The zero-order valence-corrected chi connectivity index (χ0v) is 8.90. The van der Waals surface area contributed by atoms with Crippen molar-refractivity contribution in [1.82, 2.24) is 5.32 Å². The van der Waals surface area contributed by atoms with Crippen molar-refractivity contribution in [1.29, 1.82) is 0 Å². The highest BCUT2D eigenvalue weighted by Gasteiger charge is 2.30. The molecule has 0 aromatic rings. The van der Waals surface area contributed by atoms with E-state index in [4.69, 9.17) is 10.8 Å². The van der Waals surface area contributed by atoms with E-state index >= 15 is 0 Å². The van der Waals surface area contributed by atoms with E-state index in [1.165, 1.54) is 0 Å². The average molecular weight is 214 g/mol. The van der Waals surface area contributed by atoms with Crippen LogP contribution in [0.25, 0.3) is 0 Å². The first-order valence-corrected chi connectivity index (χ1v) is 5.27. The molecule has 1 unspecified atom stereocenters. The largest absolute Gasteiger partial charge is 0.481 e. The SMILES string of the molecule is CC(CN)C(=O)N[C@H]1CC[C@@H](C(=O)O)C1. The van der Waals surface area contributed by atoms with Crippen molar-refractivity contribution in [3.8, 4) is 0 Å². The van der Waals surface area contributed by atoms with Crippen LogP contribution < -0.4 is 11.1 Å². The summed E-state index contributed by atoms with van der Waals surface area (Å²) in [6.07, 6.45) is 1.94. The highest BCUT2D eigenvalue weighted by Crippen LogP contribution is 2.25. The highest BCUT2D eigenvalue weighted by atomic mass is 16.4. The van der Waals surface area contributed by atoms with Crippen molar-refractivity contribution in [3.63, 3.8) is 0 Å². The van der Waals surface area contributed by atoms with Gasteiger partial charge in [-0.25, -0.2) is 0 Å². The van der Waals surface area contributed by atoms with Crippen LogP contribution in [0.2, 0.25) is 0 Å². The van der Waals surface area contributed by atoms with Gasteiger partial charge >= 0.3 is 5.97 Å². The molecule has 1 aliphatic carbocycles. The standard InChI is InChI=1S/C10H18N2O3/c1-6(5-11)9(13)12-8-3-2-7(4-8)10(14)15/h6-8H,2-5,11H2,1H3,(H,12,13)(H,14,15)/t6?,7-,8+/m1/s1. The third-order valence-corrected chi connectivity index (χ3v) is 2.93. The van der Waals surface area contributed by atoms with Crippen LogP contribution in [0.4, 0.5) is 0 Å². The van der Waals surface area contributed by atoms with E-state index in [-0.39, 0.29) is 23.8 Å². The lowest BCUT2D eigenvalue weighted by Crippen LogP contribution is -2.39. The Hall–Kier alpha value is -1.10. The minimum Gasteiger partial charge on any atom is -0.481 e. The monoisotopic (exact) mass is 214 g/mol. The summed E-state index contributed by atoms with van der Waals surface area (Å²) >= 11 is 0. The number of amides is 1. The number of rotatable bonds is 4. The van der Waals surface area contributed by atoms with Crippen molar-refractivity contribution in [2.45, 2.75) is 32.2 Å². The van der Waals surface area contributed by atoms with Gasteiger partial charge in [0, 0.05) is 18.5 Å². The van der Waals surface area contributed by atoms with Gasteiger partial charge in [0.25, 0.3) is 0 Å². The second-order valence-electron chi connectivity index (χ2n) is 4.19. The second kappa shape index (κ2) is 5.11. The Bertz CT molecular complexity index is 255. The molecule has 1 aliphatic rings. The van der Waals surface area contributed by atoms with E-state index in [9.17, 15) is 9.59 Å². The third kappa shape index (κ3) is 3.20. The van der Waals surface area contributed by atoms with Crippen LogP contribution >= 0.6 is 0 Å². The number of carboxylic acids is 1. The van der Waals surface area contributed by atoms with Crippen molar-refractivity contribution in [3.05, 3.63) is 0 Å². The lowest BCUT2D eigenvalue weighted by molar-refractivity contribution is -0.141. The number of aliphatic carboxylic acids is 1. The number of carbonyl (C=O) groups is 2. The van der Waals surface area contributed by atoms with Gasteiger partial charge in [0.05, 0.1) is 5.92 Å². The smallest absolute Gasteiger partial charge is 0.306 e. The number of carboxylic acid groups (broad SMARTS) is 1. The van der Waals surface area contributed by atoms with Gasteiger partial charge in [-0.1, -0.05) is 6.92 Å². The predicted octanol–water partition coefficient (Wildman–Crippen LogP) is -0.0493. The van der Waals surface area contributed by atoms with E-state index in [1.54, 1.807) is 6.92 Å². The minimum atomic E-state index is -0.765. The zero-order valence-electron chi connectivity index (χ0n) is 8.90. The Labute approximate surface area is 89.0 Å². The molecule has 86 valence electrons. The molecule has 0 aliphatic heterocycles. The number of carbonyl (C=O) groups excluding carboxylic acids is 1. The number of hydrogen-bond acceptors (Lipinski definition) is 3. The summed E-state index contributed by atoms with van der Waals surface area (Å²) < 4.78 is 0. The number of nitrogens with two attached hydrogens (primary N) is 1. The average Bonchev–Trinajstić information content (AvgIpc) is 2.65. The topological polar surface area (TPSA) is 92.4 Å². The van der Waals surface area contributed by atoms with E-state index in [0.717, 1.165) is 6.42 Å². The molecule has 5 nitrogen and oxygen atoms in total. The van der Waals surface area contributed by atoms with Gasteiger partial charge in [-0.3, -0.25) is 9.59 Å². The van der Waals surface area contributed by atoms with E-state index < -0.39 is 5.97 Å². The molecule has 1 saturated carbocycles. The van der Waals surface area contributed by atoms with Crippen LogP contribution in [0.15, 0.2) is 0 Å². The minimum absolute atomic E-state index is 0.00704. The molecule has 0 spiro atoms. The van der Waals surface area contributed by atoms with Crippen LogP contribution in [-0.4, -0.2) is 29.6 Å². The Balaban J connectivity index is 2.36. The van der Waals surface area contributed by atoms with Crippen LogP contribution in [0.3, 0.4) is 0 Å². The normalized spacial score (nSPS) is 27.3. The quantitative estimate of drug-likeness (QED) is 0.611. The van der Waals surface area contributed by atoms with Gasteiger partial charge < -0.3 is 16.2 Å². The summed E-state index contributed by atoms with van der Waals surface area (Å²) in [5.74, 6) is -1.34. The number of hydrogen-bond donors (Lipinski definition) is 3. The molecule has 0 heterocycles. The van der Waals surface area contributed by atoms with Crippen molar-refractivity contribution in [2.24, 2.45) is 17.6 Å². The fourth-order valence-electron chi connectivity index (χ4n) is 1.79. The molecule has 4 N–H and O–H groups in total. The van der Waals surface area contributed by atoms with Crippen LogP contribution in [0, 0.1) is 11.8 Å². The van der Waals surface area contributed by atoms with Gasteiger partial charge in [-0.2, -0.15) is 0 Å². The molecule has 0 aromatic carbocycles. The maximum absolute atomic E-state index is 11.5. The van der Waals surface area contributed by atoms with Gasteiger partial charge in [-0.05, 0) is 19.3 Å². The lowest BCUT2D eigenvalue weighted by Gasteiger charge is -2.15. The molecule has 0 radical (unpaired) electrons. The molecule has 0 aromatic heterocycles. The fraction of sp³-hybridized carbons (Fsp3) is 0.800. The summed E-state index contributed by atoms with van der Waals surface area (Å²) in [6.45, 7) is 2.08. The molecule has 1 rings (SSSR count). The summed E-state index contributed by atoms with van der Waals surface area (Å²) in [5, 5.41) is 11.6. The first kappa shape index (κ1) is 12.0. The summed E-state index contributed by atoms with van der Waals surface area (Å²) in [4.78, 5) is 22.2. The molecule has 0 bridgehead atoms. The molecule has 0 saturated heterocycles. The molecule has 15 heavy (non-hydrogen) atoms. The van der Waals surface area contributed by atoms with Crippen molar-refractivity contribution >= 4 is 11.9 Å². The Morgan fingerprint density at radius 3 is 2.67 bits per heavy atom. The second-order valence-corrected chi connectivity index (χ2v) is 4.19. The Morgan fingerprint density at radius 1 is 1.53 bits per heavy atom. The molecular weight excluding hydrogens is 196 g/mol. The van der Waals surface area contributed by atoms with Gasteiger partial charge in [-0.15, -0.1) is 0 Å². The summed E-state index contributed by atoms with van der Waals surface area (Å²) in [6, 6.07) is 0.00704. The van der Waals surface area contributed by atoms with Crippen molar-refractivity contribution < 1.29 is 14.7 Å². The number of nitrogens with one attached hydrogen (secondary N) is 1. The third-order valence-electron chi connectivity index (χ3n) is 2.93. The van der Waals surface area contributed by atoms with Crippen LogP contribution in [0.1, 0.15) is 26.2 Å². The highest BCUT2D eigenvalue weighted by molar-refractivity contribution is 5.79.